The van der Waals surface area contributed by atoms with E-state index in [0.717, 1.165) is 35.1 Å². The van der Waals surface area contributed by atoms with Crippen molar-refractivity contribution in [2.75, 3.05) is 13.2 Å². The largest absolute Gasteiger partial charge is 0.489 e. The predicted molar refractivity (Wildman–Crippen MR) is 125 cm³/mol. The lowest BCUT2D eigenvalue weighted by molar-refractivity contribution is 0.0944. The summed E-state index contributed by atoms with van der Waals surface area (Å²) in [7, 11) is 0. The zero-order chi connectivity index (χ0) is 21.3. The lowest BCUT2D eigenvalue weighted by Gasteiger charge is -2.12. The molecular weight excluding hydrogens is 396 g/mol. The van der Waals surface area contributed by atoms with E-state index in [4.69, 9.17) is 16.3 Å². The van der Waals surface area contributed by atoms with Gasteiger partial charge in [-0.25, -0.2) is 0 Å². The summed E-state index contributed by atoms with van der Waals surface area (Å²) < 4.78 is 7.86. The van der Waals surface area contributed by atoms with Gasteiger partial charge in [-0.2, -0.15) is 0 Å². The molecule has 0 aliphatic heterocycles. The Hall–Kier alpha value is -2.72. The molecule has 1 heterocycles. The van der Waals surface area contributed by atoms with Gasteiger partial charge >= 0.3 is 0 Å². The van der Waals surface area contributed by atoms with E-state index >= 15 is 0 Å². The fraction of sp³-hybridized carbons (Fsp3) is 0.320. The highest BCUT2D eigenvalue weighted by atomic mass is 35.5. The standard InChI is InChI=1S/C25H29ClN2O2/c1-3-5-6-7-14-27-25(29)23-17-21-22(12-9-13-24(21)30-15-4-2)28(23)18-19-10-8-11-20(26)16-19/h4,8-13,16-17H,2-3,5-7,14-15,18H2,1H3,(H,27,29). The molecule has 0 unspecified atom stereocenters. The summed E-state index contributed by atoms with van der Waals surface area (Å²) >= 11 is 6.18. The first-order chi connectivity index (χ1) is 14.6. The Kier molecular flexibility index (Phi) is 7.97. The molecule has 5 heteroatoms. The molecule has 3 aromatic rings. The monoisotopic (exact) mass is 424 g/mol. The molecule has 0 bridgehead atoms. The predicted octanol–water partition coefficient (Wildman–Crippen LogP) is 6.22. The minimum atomic E-state index is -0.0700. The van der Waals surface area contributed by atoms with Crippen LogP contribution in [0.5, 0.6) is 5.75 Å². The normalized spacial score (nSPS) is 10.9. The number of unbranched alkanes of at least 4 members (excludes halogenated alkanes) is 3. The molecule has 4 nitrogen and oxygen atoms in total. The number of carbonyl (C=O) groups excluding carboxylic acids is 1. The number of hydrogen-bond acceptors (Lipinski definition) is 2. The Morgan fingerprint density at radius 1 is 1.17 bits per heavy atom. The lowest BCUT2D eigenvalue weighted by atomic mass is 10.2. The zero-order valence-electron chi connectivity index (χ0n) is 17.5. The van der Waals surface area contributed by atoms with Gasteiger partial charge in [-0.05, 0) is 42.3 Å². The smallest absolute Gasteiger partial charge is 0.267 e. The Morgan fingerprint density at radius 2 is 2.00 bits per heavy atom. The number of hydrogen-bond donors (Lipinski definition) is 1. The number of amides is 1. The number of halogens is 1. The van der Waals surface area contributed by atoms with E-state index < -0.39 is 0 Å². The number of fused-ring (bicyclic) bond motifs is 1. The van der Waals surface area contributed by atoms with Gasteiger partial charge in [0.05, 0.1) is 5.52 Å². The summed E-state index contributed by atoms with van der Waals surface area (Å²) in [5.41, 5.74) is 2.61. The van der Waals surface area contributed by atoms with Gasteiger partial charge in [-0.15, -0.1) is 0 Å². The van der Waals surface area contributed by atoms with Crippen molar-refractivity contribution in [1.82, 2.24) is 9.88 Å². The lowest BCUT2D eigenvalue weighted by Crippen LogP contribution is -2.27. The maximum atomic E-state index is 13.0. The second-order valence-corrected chi connectivity index (χ2v) is 7.79. The molecule has 0 aliphatic carbocycles. The number of ether oxygens (including phenoxy) is 1. The van der Waals surface area contributed by atoms with Crippen molar-refractivity contribution in [3.63, 3.8) is 0 Å². The number of nitrogens with zero attached hydrogens (tertiary/aromatic N) is 1. The summed E-state index contributed by atoms with van der Waals surface area (Å²) in [6, 6.07) is 15.5. The molecule has 1 N–H and O–H groups in total. The third-order valence-electron chi connectivity index (χ3n) is 5.04. The van der Waals surface area contributed by atoms with E-state index in [1.54, 1.807) is 6.08 Å². The molecule has 2 aromatic carbocycles. The van der Waals surface area contributed by atoms with Gasteiger partial charge in [-0.1, -0.05) is 68.6 Å². The van der Waals surface area contributed by atoms with Gasteiger partial charge < -0.3 is 14.6 Å². The highest BCUT2D eigenvalue weighted by Crippen LogP contribution is 2.30. The zero-order valence-corrected chi connectivity index (χ0v) is 18.3. The second-order valence-electron chi connectivity index (χ2n) is 7.35. The molecule has 158 valence electrons. The third kappa shape index (κ3) is 5.45. The fourth-order valence-electron chi connectivity index (χ4n) is 3.55. The van der Waals surface area contributed by atoms with Crippen LogP contribution in [-0.2, 0) is 6.54 Å². The van der Waals surface area contributed by atoms with E-state index in [-0.39, 0.29) is 5.91 Å². The summed E-state index contributed by atoms with van der Waals surface area (Å²) in [6.07, 6.45) is 6.19. The molecular formula is C25H29ClN2O2. The van der Waals surface area contributed by atoms with Crippen molar-refractivity contribution in [2.24, 2.45) is 0 Å². The van der Waals surface area contributed by atoms with Gasteiger partial charge in [0.25, 0.3) is 5.91 Å². The molecule has 30 heavy (non-hydrogen) atoms. The molecule has 0 saturated heterocycles. The number of nitrogens with one attached hydrogen (secondary N) is 1. The number of carbonyl (C=O) groups is 1. The minimum Gasteiger partial charge on any atom is -0.489 e. The number of benzene rings is 2. The van der Waals surface area contributed by atoms with Gasteiger partial charge in [0, 0.05) is 23.5 Å². The number of aromatic nitrogens is 1. The maximum Gasteiger partial charge on any atom is 0.267 e. The second kappa shape index (κ2) is 10.9. The fourth-order valence-corrected chi connectivity index (χ4v) is 3.77. The van der Waals surface area contributed by atoms with Crippen LogP contribution in [0.1, 0.15) is 48.7 Å². The average molecular weight is 425 g/mol. The molecule has 0 atom stereocenters. The molecule has 0 radical (unpaired) electrons. The Balaban J connectivity index is 1.94. The first kappa shape index (κ1) is 22.0. The summed E-state index contributed by atoms with van der Waals surface area (Å²) in [6.45, 7) is 7.54. The van der Waals surface area contributed by atoms with Crippen LogP contribution >= 0.6 is 11.6 Å². The average Bonchev–Trinajstić information content (AvgIpc) is 3.11. The molecule has 0 aliphatic rings. The van der Waals surface area contributed by atoms with Crippen LogP contribution in [0.3, 0.4) is 0 Å². The maximum absolute atomic E-state index is 13.0. The van der Waals surface area contributed by atoms with Crippen LogP contribution in [0.15, 0.2) is 61.2 Å². The van der Waals surface area contributed by atoms with Crippen molar-refractivity contribution in [2.45, 2.75) is 39.2 Å². The van der Waals surface area contributed by atoms with Crippen LogP contribution in [-0.4, -0.2) is 23.6 Å². The van der Waals surface area contributed by atoms with Crippen molar-refractivity contribution in [3.8, 4) is 5.75 Å². The molecule has 1 aromatic heterocycles. The van der Waals surface area contributed by atoms with Crippen molar-refractivity contribution in [1.29, 1.82) is 0 Å². The molecule has 0 saturated carbocycles. The Labute approximate surface area is 183 Å². The minimum absolute atomic E-state index is 0.0700. The highest BCUT2D eigenvalue weighted by Gasteiger charge is 2.18. The van der Waals surface area contributed by atoms with Gasteiger partial charge in [0.1, 0.15) is 18.1 Å². The van der Waals surface area contributed by atoms with E-state index in [1.165, 1.54) is 12.8 Å². The third-order valence-corrected chi connectivity index (χ3v) is 5.28. The summed E-state index contributed by atoms with van der Waals surface area (Å²) in [5, 5.41) is 4.67. The molecule has 1 amide bonds. The van der Waals surface area contributed by atoms with Crippen molar-refractivity contribution >= 4 is 28.4 Å². The summed E-state index contributed by atoms with van der Waals surface area (Å²) in [4.78, 5) is 13.0. The topological polar surface area (TPSA) is 43.3 Å². The summed E-state index contributed by atoms with van der Waals surface area (Å²) in [5.74, 6) is 0.675. The van der Waals surface area contributed by atoms with Gasteiger partial charge in [0.15, 0.2) is 0 Å². The van der Waals surface area contributed by atoms with Gasteiger partial charge in [0.2, 0.25) is 0 Å². The molecule has 0 fully saturated rings. The van der Waals surface area contributed by atoms with Crippen LogP contribution in [0.4, 0.5) is 0 Å². The molecule has 3 rings (SSSR count). The van der Waals surface area contributed by atoms with E-state index in [2.05, 4.69) is 18.8 Å². The van der Waals surface area contributed by atoms with E-state index in [0.29, 0.717) is 30.4 Å². The Morgan fingerprint density at radius 3 is 2.77 bits per heavy atom. The first-order valence-electron chi connectivity index (χ1n) is 10.5. The number of rotatable bonds is 11. The van der Waals surface area contributed by atoms with Crippen molar-refractivity contribution < 1.29 is 9.53 Å². The van der Waals surface area contributed by atoms with E-state index in [9.17, 15) is 4.79 Å². The molecule has 0 spiro atoms. The Bertz CT molecular complexity index is 1010. The van der Waals surface area contributed by atoms with Crippen molar-refractivity contribution in [3.05, 3.63) is 77.5 Å². The quantitative estimate of drug-likeness (QED) is 0.293. The SMILES string of the molecule is C=CCOc1cccc2c1cc(C(=O)NCCCCCC)n2Cc1cccc(Cl)c1. The van der Waals surface area contributed by atoms with E-state index in [1.807, 2.05) is 53.1 Å². The first-order valence-corrected chi connectivity index (χ1v) is 10.9. The van der Waals surface area contributed by atoms with Crippen LogP contribution in [0.2, 0.25) is 5.02 Å². The van der Waals surface area contributed by atoms with Crippen LogP contribution in [0.25, 0.3) is 10.9 Å². The highest BCUT2D eigenvalue weighted by molar-refractivity contribution is 6.30. The van der Waals surface area contributed by atoms with Crippen LogP contribution < -0.4 is 10.1 Å². The van der Waals surface area contributed by atoms with Crippen LogP contribution in [0, 0.1) is 0 Å². The van der Waals surface area contributed by atoms with Gasteiger partial charge in [-0.3, -0.25) is 4.79 Å².